The molecule has 4 heterocycles. The number of benzene rings is 1. The van der Waals surface area contributed by atoms with E-state index in [0.717, 1.165) is 81.9 Å². The maximum Gasteiger partial charge on any atom is 0.262 e. The Morgan fingerprint density at radius 2 is 1.85 bits per heavy atom. The first-order valence-electron chi connectivity index (χ1n) is 12.3. The van der Waals surface area contributed by atoms with Crippen LogP contribution in [0.4, 0.5) is 0 Å². The van der Waals surface area contributed by atoms with E-state index in [0.29, 0.717) is 15.1 Å². The maximum atomic E-state index is 13.5. The van der Waals surface area contributed by atoms with E-state index in [2.05, 4.69) is 34.3 Å². The Morgan fingerprint density at radius 1 is 1.09 bits per heavy atom. The molecule has 34 heavy (non-hydrogen) atoms. The fourth-order valence-corrected chi connectivity index (χ4v) is 6.15. The summed E-state index contributed by atoms with van der Waals surface area (Å²) in [5, 5.41) is 3.90. The molecule has 8 heteroatoms. The minimum Gasteiger partial charge on any atom is -0.343 e. The van der Waals surface area contributed by atoms with Crippen molar-refractivity contribution < 1.29 is 4.79 Å². The molecule has 7 nitrogen and oxygen atoms in total. The van der Waals surface area contributed by atoms with E-state index in [-0.39, 0.29) is 17.5 Å². The van der Waals surface area contributed by atoms with Crippen molar-refractivity contribution in [3.63, 3.8) is 0 Å². The van der Waals surface area contributed by atoms with E-state index in [4.69, 9.17) is 4.98 Å². The molecule has 3 aromatic rings. The molecule has 180 valence electrons. The first kappa shape index (κ1) is 23.2. The summed E-state index contributed by atoms with van der Waals surface area (Å²) < 4.78 is 1.83. The zero-order valence-electron chi connectivity index (χ0n) is 20.0. The minimum atomic E-state index is -0.122. The molecule has 1 saturated heterocycles. The van der Waals surface area contributed by atoms with Gasteiger partial charge in [-0.15, -0.1) is 11.3 Å². The third-order valence-electron chi connectivity index (χ3n) is 7.16. The third-order valence-corrected chi connectivity index (χ3v) is 8.35. The highest BCUT2D eigenvalue weighted by molar-refractivity contribution is 7.20. The number of carbonyl (C=O) groups excluding carboxylic acids is 1. The van der Waals surface area contributed by atoms with Gasteiger partial charge in [-0.05, 0) is 37.9 Å². The number of fused-ring (bicyclic) bond motifs is 2. The van der Waals surface area contributed by atoms with Gasteiger partial charge in [-0.1, -0.05) is 36.8 Å². The minimum absolute atomic E-state index is 0.00625. The molecule has 0 bridgehead atoms. The van der Waals surface area contributed by atoms with Crippen LogP contribution in [0.25, 0.3) is 10.2 Å². The van der Waals surface area contributed by atoms with Crippen LogP contribution in [0.1, 0.15) is 51.9 Å². The molecule has 0 aliphatic carbocycles. The Hall–Kier alpha value is -2.55. The van der Waals surface area contributed by atoms with Gasteiger partial charge in [0.25, 0.3) is 11.5 Å². The van der Waals surface area contributed by atoms with Crippen molar-refractivity contribution in [1.82, 2.24) is 24.7 Å². The van der Waals surface area contributed by atoms with Gasteiger partial charge in [0.15, 0.2) is 0 Å². The molecule has 2 aliphatic heterocycles. The highest BCUT2D eigenvalue weighted by Crippen LogP contribution is 2.29. The summed E-state index contributed by atoms with van der Waals surface area (Å²) in [5.41, 5.74) is 1.85. The van der Waals surface area contributed by atoms with Crippen LogP contribution in [-0.2, 0) is 13.0 Å². The number of nitrogens with zero attached hydrogens (tertiary/aromatic N) is 4. The number of aryl methyl sites for hydroxylation is 2. The number of nitrogens with one attached hydrogen (secondary N) is 1. The second-order valence-corrected chi connectivity index (χ2v) is 10.6. The third kappa shape index (κ3) is 4.67. The first-order valence-corrected chi connectivity index (χ1v) is 13.1. The van der Waals surface area contributed by atoms with Crippen LogP contribution in [0.2, 0.25) is 0 Å². The van der Waals surface area contributed by atoms with Gasteiger partial charge in [-0.2, -0.15) is 0 Å². The largest absolute Gasteiger partial charge is 0.343 e. The van der Waals surface area contributed by atoms with Crippen LogP contribution < -0.4 is 10.9 Å². The van der Waals surface area contributed by atoms with Gasteiger partial charge in [0.05, 0.1) is 16.3 Å². The smallest absolute Gasteiger partial charge is 0.262 e. The molecule has 2 aromatic heterocycles. The van der Waals surface area contributed by atoms with Gasteiger partial charge in [-0.25, -0.2) is 4.98 Å². The molecule has 0 radical (unpaired) electrons. The Morgan fingerprint density at radius 3 is 2.62 bits per heavy atom. The van der Waals surface area contributed by atoms with Crippen molar-refractivity contribution in [3.8, 4) is 0 Å². The molecule has 5 rings (SSSR count). The number of hydrogen-bond donors (Lipinski definition) is 1. The van der Waals surface area contributed by atoms with Crippen molar-refractivity contribution in [3.05, 3.63) is 62.5 Å². The molecule has 0 saturated carbocycles. The van der Waals surface area contributed by atoms with Gasteiger partial charge >= 0.3 is 0 Å². The number of hydrogen-bond acceptors (Lipinski definition) is 6. The standard InChI is InChI=1S/C26H33N5O2S/c1-18-22-25(28-21-11-7-4-8-12-31(21)26(22)33)34-23(18)24(32)27-20(19-9-5-3-6-10-19)17-30-15-13-29(2)14-16-30/h3,5-6,9-10,20H,4,7-8,11-17H2,1-2H3,(H,27,32). The van der Waals surface area contributed by atoms with Crippen LogP contribution in [0.5, 0.6) is 0 Å². The molecule has 1 atom stereocenters. The molecule has 1 amide bonds. The van der Waals surface area contributed by atoms with Crippen LogP contribution in [0.3, 0.4) is 0 Å². The topological polar surface area (TPSA) is 70.5 Å². The van der Waals surface area contributed by atoms with Gasteiger partial charge < -0.3 is 10.2 Å². The van der Waals surface area contributed by atoms with E-state index in [9.17, 15) is 9.59 Å². The summed E-state index contributed by atoms with van der Waals surface area (Å²) >= 11 is 1.35. The molecule has 0 spiro atoms. The van der Waals surface area contributed by atoms with Crippen LogP contribution >= 0.6 is 11.3 Å². The number of amides is 1. The SMILES string of the molecule is Cc1c(C(=O)NC(CN2CCN(C)CC2)c2ccccc2)sc2nc3n(c(=O)c12)CCCCC3. The predicted molar refractivity (Wildman–Crippen MR) is 137 cm³/mol. The highest BCUT2D eigenvalue weighted by atomic mass is 32.1. The number of carbonyl (C=O) groups is 1. The number of likely N-dealkylation sites (N-methyl/N-ethyl adjacent to an activating group) is 1. The maximum absolute atomic E-state index is 13.5. The number of thiophene rings is 1. The molecule has 1 aromatic carbocycles. The average molecular weight is 480 g/mol. The molecular formula is C26H33N5O2S. The summed E-state index contributed by atoms with van der Waals surface area (Å²) in [6, 6.07) is 10.1. The van der Waals surface area contributed by atoms with Crippen LogP contribution in [-0.4, -0.2) is 65.0 Å². The summed E-state index contributed by atoms with van der Waals surface area (Å²) in [4.78, 5) is 37.7. The second kappa shape index (κ2) is 9.98. The van der Waals surface area contributed by atoms with Crippen molar-refractivity contribution in [2.45, 2.75) is 45.2 Å². The van der Waals surface area contributed by atoms with Gasteiger partial charge in [-0.3, -0.25) is 19.1 Å². The zero-order chi connectivity index (χ0) is 23.7. The lowest BCUT2D eigenvalue weighted by Crippen LogP contribution is -2.47. The van der Waals surface area contributed by atoms with Crippen molar-refractivity contribution >= 4 is 27.5 Å². The lowest BCUT2D eigenvalue weighted by atomic mass is 10.1. The quantitative estimate of drug-likeness (QED) is 0.609. The second-order valence-electron chi connectivity index (χ2n) is 9.57. The van der Waals surface area contributed by atoms with E-state index < -0.39 is 0 Å². The van der Waals surface area contributed by atoms with Gasteiger partial charge in [0.2, 0.25) is 0 Å². The van der Waals surface area contributed by atoms with Crippen molar-refractivity contribution in [2.75, 3.05) is 39.8 Å². The van der Waals surface area contributed by atoms with Gasteiger partial charge in [0, 0.05) is 45.7 Å². The fourth-order valence-electron chi connectivity index (χ4n) is 5.06. The van der Waals surface area contributed by atoms with Crippen molar-refractivity contribution in [2.24, 2.45) is 0 Å². The number of rotatable bonds is 5. The van der Waals surface area contributed by atoms with E-state index >= 15 is 0 Å². The van der Waals surface area contributed by atoms with Crippen LogP contribution in [0.15, 0.2) is 35.1 Å². The van der Waals surface area contributed by atoms with E-state index in [1.807, 2.05) is 29.7 Å². The van der Waals surface area contributed by atoms with E-state index in [1.54, 1.807) is 0 Å². The van der Waals surface area contributed by atoms with E-state index in [1.165, 1.54) is 11.3 Å². The molecule has 1 fully saturated rings. The number of aromatic nitrogens is 2. The molecule has 2 aliphatic rings. The monoisotopic (exact) mass is 479 g/mol. The summed E-state index contributed by atoms with van der Waals surface area (Å²) in [6.07, 6.45) is 4.00. The predicted octanol–water partition coefficient (Wildman–Crippen LogP) is 3.21. The Bertz CT molecular complexity index is 1230. The Kier molecular flexibility index (Phi) is 6.81. The Labute approximate surface area is 204 Å². The van der Waals surface area contributed by atoms with Crippen molar-refractivity contribution in [1.29, 1.82) is 0 Å². The Balaban J connectivity index is 1.44. The zero-order valence-corrected chi connectivity index (χ0v) is 20.9. The first-order chi connectivity index (χ1) is 16.5. The lowest BCUT2D eigenvalue weighted by Gasteiger charge is -2.35. The average Bonchev–Trinajstić information content (AvgIpc) is 3.01. The number of piperazine rings is 1. The normalized spacial score (nSPS) is 18.4. The van der Waals surface area contributed by atoms with Gasteiger partial charge in [0.1, 0.15) is 10.7 Å². The lowest BCUT2D eigenvalue weighted by molar-refractivity contribution is 0.0911. The molecule has 1 unspecified atom stereocenters. The highest BCUT2D eigenvalue weighted by Gasteiger charge is 2.26. The summed E-state index contributed by atoms with van der Waals surface area (Å²) in [5.74, 6) is 0.739. The fraction of sp³-hybridized carbons (Fsp3) is 0.500. The summed E-state index contributed by atoms with van der Waals surface area (Å²) in [7, 11) is 2.15. The molecular weight excluding hydrogens is 446 g/mol. The van der Waals surface area contributed by atoms with Crippen LogP contribution in [0, 0.1) is 6.92 Å². The summed E-state index contributed by atoms with van der Waals surface area (Å²) in [6.45, 7) is 7.42. The molecule has 1 N–H and O–H groups in total.